The van der Waals surface area contributed by atoms with Crippen LogP contribution in [0, 0.1) is 5.92 Å². The quantitative estimate of drug-likeness (QED) is 0.809. The van der Waals surface area contributed by atoms with E-state index in [1.54, 1.807) is 10.6 Å². The Kier molecular flexibility index (Phi) is 4.14. The van der Waals surface area contributed by atoms with E-state index in [1.165, 1.54) is 12.8 Å². The largest absolute Gasteiger partial charge is 0.353 e. The molecule has 0 aromatic carbocycles. The molecule has 1 aliphatic heterocycles. The fourth-order valence-corrected chi connectivity index (χ4v) is 6.37. The predicted octanol–water partition coefficient (Wildman–Crippen LogP) is 1.64. The van der Waals surface area contributed by atoms with Gasteiger partial charge in [-0.25, -0.2) is 14.7 Å². The third-order valence-electron chi connectivity index (χ3n) is 6.37. The number of anilines is 1. The molecule has 1 saturated heterocycles. The summed E-state index contributed by atoms with van der Waals surface area (Å²) in [6.45, 7) is 2.41. The number of nitrogens with zero attached hydrogens (tertiary/aromatic N) is 4. The smallest absolute Gasteiger partial charge is 0.280 e. The standard InChI is InChI=1S/C18H26N6O2S/c25-27(26,22-11-14-3-1-2-4-14)24-10-9-23(12-18(24)6-7-18)17-15-5-8-19-16(15)20-13-21-17/h5,8,13-14,22H,1-4,6-7,9-12H2,(H,19,20,21). The van der Waals surface area contributed by atoms with Crippen molar-refractivity contribution in [1.82, 2.24) is 24.0 Å². The molecule has 2 N–H and O–H groups in total. The van der Waals surface area contributed by atoms with Crippen LogP contribution in [0.2, 0.25) is 0 Å². The molecule has 3 aliphatic rings. The van der Waals surface area contributed by atoms with Crippen LogP contribution in [0.15, 0.2) is 18.6 Å². The number of hydrogen-bond donors (Lipinski definition) is 2. The molecule has 0 amide bonds. The zero-order valence-electron chi connectivity index (χ0n) is 15.4. The molecule has 3 fully saturated rings. The average Bonchev–Trinajstić information content (AvgIpc) is 3.08. The van der Waals surface area contributed by atoms with Crippen molar-refractivity contribution in [2.45, 2.75) is 44.1 Å². The number of aromatic amines is 1. The van der Waals surface area contributed by atoms with Gasteiger partial charge in [0.2, 0.25) is 0 Å². The lowest BCUT2D eigenvalue weighted by Crippen LogP contribution is -2.59. The van der Waals surface area contributed by atoms with E-state index in [0.717, 1.165) is 42.5 Å². The molecule has 8 nitrogen and oxygen atoms in total. The Morgan fingerprint density at radius 3 is 2.81 bits per heavy atom. The fourth-order valence-electron chi connectivity index (χ4n) is 4.70. The zero-order chi connectivity index (χ0) is 18.5. The lowest BCUT2D eigenvalue weighted by molar-refractivity contribution is 0.266. The van der Waals surface area contributed by atoms with Crippen LogP contribution >= 0.6 is 0 Å². The highest BCUT2D eigenvalue weighted by Gasteiger charge is 2.56. The lowest BCUT2D eigenvalue weighted by Gasteiger charge is -2.41. The van der Waals surface area contributed by atoms with Gasteiger partial charge in [0.15, 0.2) is 0 Å². The second kappa shape index (κ2) is 6.42. The van der Waals surface area contributed by atoms with Crippen molar-refractivity contribution in [3.63, 3.8) is 0 Å². The molecule has 27 heavy (non-hydrogen) atoms. The van der Waals surface area contributed by atoms with E-state index in [-0.39, 0.29) is 5.54 Å². The summed E-state index contributed by atoms with van der Waals surface area (Å²) < 4.78 is 30.6. The van der Waals surface area contributed by atoms with Crippen molar-refractivity contribution < 1.29 is 8.42 Å². The fraction of sp³-hybridized carbons (Fsp3) is 0.667. The van der Waals surface area contributed by atoms with Crippen molar-refractivity contribution in [3.05, 3.63) is 18.6 Å². The first kappa shape index (κ1) is 17.4. The minimum atomic E-state index is -3.44. The molecular weight excluding hydrogens is 364 g/mol. The van der Waals surface area contributed by atoms with Crippen LogP contribution in [0.3, 0.4) is 0 Å². The minimum absolute atomic E-state index is 0.284. The van der Waals surface area contributed by atoms with Gasteiger partial charge in [-0.3, -0.25) is 0 Å². The van der Waals surface area contributed by atoms with Gasteiger partial charge >= 0.3 is 0 Å². The molecule has 0 unspecified atom stereocenters. The molecule has 2 aromatic heterocycles. The summed E-state index contributed by atoms with van der Waals surface area (Å²) in [6.07, 6.45) is 9.99. The summed E-state index contributed by atoms with van der Waals surface area (Å²) in [7, 11) is -3.44. The molecule has 0 bridgehead atoms. The third kappa shape index (κ3) is 3.11. The summed E-state index contributed by atoms with van der Waals surface area (Å²) in [5.41, 5.74) is 0.533. The SMILES string of the molecule is O=S(=O)(NCC1CCCC1)N1CCN(c2ncnc3[nH]ccc23)CC12CC2. The van der Waals surface area contributed by atoms with E-state index in [0.29, 0.717) is 32.1 Å². The second-order valence-electron chi connectivity index (χ2n) is 8.16. The maximum absolute atomic E-state index is 13.0. The number of hydrogen-bond acceptors (Lipinski definition) is 5. The minimum Gasteiger partial charge on any atom is -0.353 e. The number of fused-ring (bicyclic) bond motifs is 1. The lowest BCUT2D eigenvalue weighted by atomic mass is 10.1. The molecule has 5 rings (SSSR count). The molecule has 0 radical (unpaired) electrons. The Hall–Kier alpha value is -1.71. The topological polar surface area (TPSA) is 94.2 Å². The molecule has 2 saturated carbocycles. The van der Waals surface area contributed by atoms with E-state index in [1.807, 2.05) is 12.3 Å². The van der Waals surface area contributed by atoms with Crippen molar-refractivity contribution >= 4 is 27.1 Å². The zero-order valence-corrected chi connectivity index (χ0v) is 16.2. The molecule has 9 heteroatoms. The molecule has 3 heterocycles. The van der Waals surface area contributed by atoms with E-state index in [9.17, 15) is 8.42 Å². The van der Waals surface area contributed by atoms with Crippen molar-refractivity contribution in [2.24, 2.45) is 5.92 Å². The highest BCUT2D eigenvalue weighted by atomic mass is 32.2. The van der Waals surface area contributed by atoms with Crippen LogP contribution in [-0.2, 0) is 10.2 Å². The molecule has 1 spiro atoms. The van der Waals surface area contributed by atoms with Crippen LogP contribution in [0.25, 0.3) is 11.0 Å². The van der Waals surface area contributed by atoms with Gasteiger partial charge in [-0.2, -0.15) is 12.7 Å². The summed E-state index contributed by atoms with van der Waals surface area (Å²) >= 11 is 0. The Labute approximate surface area is 159 Å². The number of piperazine rings is 1. The van der Waals surface area contributed by atoms with E-state index in [4.69, 9.17) is 0 Å². The summed E-state index contributed by atoms with van der Waals surface area (Å²) in [4.78, 5) is 14.1. The van der Waals surface area contributed by atoms with Gasteiger partial charge in [0.05, 0.1) is 10.9 Å². The van der Waals surface area contributed by atoms with Crippen molar-refractivity contribution in [1.29, 1.82) is 0 Å². The van der Waals surface area contributed by atoms with Gasteiger partial charge in [-0.1, -0.05) is 12.8 Å². The van der Waals surface area contributed by atoms with Crippen LogP contribution < -0.4 is 9.62 Å². The maximum Gasteiger partial charge on any atom is 0.280 e. The first-order valence-electron chi connectivity index (χ1n) is 9.88. The number of rotatable bonds is 5. The van der Waals surface area contributed by atoms with Gasteiger partial charge in [-0.05, 0) is 37.7 Å². The second-order valence-corrected chi connectivity index (χ2v) is 9.84. The van der Waals surface area contributed by atoms with Gasteiger partial charge in [0.1, 0.15) is 17.8 Å². The molecule has 2 aliphatic carbocycles. The molecular formula is C18H26N6O2S. The molecule has 0 atom stereocenters. The van der Waals surface area contributed by atoms with Crippen LogP contribution in [0.4, 0.5) is 5.82 Å². The third-order valence-corrected chi connectivity index (χ3v) is 8.05. The normalized spacial score (nSPS) is 23.5. The predicted molar refractivity (Wildman–Crippen MR) is 104 cm³/mol. The summed E-state index contributed by atoms with van der Waals surface area (Å²) in [5, 5.41) is 0.990. The summed E-state index contributed by atoms with van der Waals surface area (Å²) in [6, 6.07) is 1.98. The Bertz CT molecular complexity index is 932. The Balaban J connectivity index is 1.33. The van der Waals surface area contributed by atoms with Crippen LogP contribution in [0.1, 0.15) is 38.5 Å². The average molecular weight is 391 g/mol. The Morgan fingerprint density at radius 1 is 1.22 bits per heavy atom. The van der Waals surface area contributed by atoms with Crippen LogP contribution in [-0.4, -0.2) is 59.4 Å². The molecule has 2 aromatic rings. The summed E-state index contributed by atoms with van der Waals surface area (Å²) in [5.74, 6) is 1.39. The first-order chi connectivity index (χ1) is 13.1. The highest BCUT2D eigenvalue weighted by Crippen LogP contribution is 2.46. The Morgan fingerprint density at radius 2 is 2.04 bits per heavy atom. The number of aromatic nitrogens is 3. The van der Waals surface area contributed by atoms with Gasteiger partial charge in [0, 0.05) is 32.4 Å². The van der Waals surface area contributed by atoms with E-state index < -0.39 is 10.2 Å². The van der Waals surface area contributed by atoms with E-state index in [2.05, 4.69) is 24.6 Å². The monoisotopic (exact) mass is 390 g/mol. The van der Waals surface area contributed by atoms with E-state index >= 15 is 0 Å². The van der Waals surface area contributed by atoms with Crippen LogP contribution in [0.5, 0.6) is 0 Å². The van der Waals surface area contributed by atoms with Gasteiger partial charge < -0.3 is 9.88 Å². The van der Waals surface area contributed by atoms with Crippen molar-refractivity contribution in [2.75, 3.05) is 31.1 Å². The van der Waals surface area contributed by atoms with Gasteiger partial charge in [0.25, 0.3) is 10.2 Å². The highest BCUT2D eigenvalue weighted by molar-refractivity contribution is 7.87. The maximum atomic E-state index is 13.0. The number of H-pyrrole nitrogens is 1. The molecule has 146 valence electrons. The van der Waals surface area contributed by atoms with Crippen molar-refractivity contribution in [3.8, 4) is 0 Å². The first-order valence-corrected chi connectivity index (χ1v) is 11.3. The number of nitrogens with one attached hydrogen (secondary N) is 2. The van der Waals surface area contributed by atoms with Gasteiger partial charge in [-0.15, -0.1) is 0 Å².